The maximum Gasteiger partial charge on any atom is 0.274 e. The van der Waals surface area contributed by atoms with Gasteiger partial charge >= 0.3 is 0 Å². The molecule has 1 N–H and O–H groups in total. The van der Waals surface area contributed by atoms with Crippen LogP contribution < -0.4 is 5.32 Å². The van der Waals surface area contributed by atoms with Gasteiger partial charge in [-0.2, -0.15) is 0 Å². The van der Waals surface area contributed by atoms with Crippen molar-refractivity contribution >= 4 is 11.5 Å². The number of nitrogens with zero attached hydrogens (tertiary/aromatic N) is 4. The molecule has 1 aliphatic heterocycles. The van der Waals surface area contributed by atoms with E-state index in [-0.39, 0.29) is 0 Å². The molecular weight excluding hydrogens is 230 g/mol. The third-order valence-electron chi connectivity index (χ3n) is 1.96. The summed E-state index contributed by atoms with van der Waals surface area (Å²) < 4.78 is 3.74. The molecule has 0 amide bonds. The first-order valence-corrected chi connectivity index (χ1v) is 5.32. The summed E-state index contributed by atoms with van der Waals surface area (Å²) in [5.41, 5.74) is 0. The van der Waals surface area contributed by atoms with E-state index in [9.17, 15) is 10.1 Å². The fraction of sp³-hybridized carbons (Fsp3) is 0.250. The number of aromatic nitrogens is 2. The number of rotatable bonds is 3. The minimum atomic E-state index is -0.473. The molecule has 0 aromatic carbocycles. The Morgan fingerprint density at radius 3 is 3.31 bits per heavy atom. The Morgan fingerprint density at radius 2 is 2.62 bits per heavy atom. The van der Waals surface area contributed by atoms with Gasteiger partial charge in [-0.3, -0.25) is 10.1 Å². The molecule has 84 valence electrons. The first-order valence-electron chi connectivity index (χ1n) is 4.54. The minimum absolute atomic E-state index is 0.473. The average Bonchev–Trinajstić information content (AvgIpc) is 2.73. The molecule has 0 unspecified atom stereocenters. The second-order valence-electron chi connectivity index (χ2n) is 3.08. The van der Waals surface area contributed by atoms with E-state index >= 15 is 0 Å². The average molecular weight is 239 g/mol. The quantitative estimate of drug-likeness (QED) is 0.612. The van der Waals surface area contributed by atoms with Crippen LogP contribution in [0.2, 0.25) is 0 Å². The normalized spacial score (nSPS) is 17.5. The third kappa shape index (κ3) is 2.54. The van der Waals surface area contributed by atoms with Crippen molar-refractivity contribution in [3.8, 4) is 0 Å². The predicted octanol–water partition coefficient (Wildman–Crippen LogP) is 0.533. The third-order valence-corrected chi connectivity index (χ3v) is 2.60. The van der Waals surface area contributed by atoms with Crippen LogP contribution in [0.3, 0.4) is 0 Å². The Balaban J connectivity index is 2.13. The zero-order valence-electron chi connectivity index (χ0n) is 8.24. The van der Waals surface area contributed by atoms with Crippen molar-refractivity contribution in [2.45, 2.75) is 6.54 Å². The predicted molar refractivity (Wildman–Crippen MR) is 57.7 cm³/mol. The molecule has 0 bridgehead atoms. The van der Waals surface area contributed by atoms with Crippen molar-refractivity contribution in [2.75, 3.05) is 6.54 Å². The zero-order valence-corrected chi connectivity index (χ0v) is 9.05. The molecule has 0 fully saturated rings. The molecule has 0 radical (unpaired) electrons. The van der Waals surface area contributed by atoms with Crippen molar-refractivity contribution in [3.05, 3.63) is 45.5 Å². The number of hydrogen-bond donors (Lipinski definition) is 1. The lowest BCUT2D eigenvalue weighted by atomic mass is 10.4. The molecule has 2 rings (SSSR count). The SMILES string of the molecule is O=[N+]([O-])C=C1NCC=CN1Cc1cnns1. The minimum Gasteiger partial charge on any atom is -0.363 e. The molecule has 16 heavy (non-hydrogen) atoms. The summed E-state index contributed by atoms with van der Waals surface area (Å²) in [5.74, 6) is 0.473. The van der Waals surface area contributed by atoms with Gasteiger partial charge in [0.25, 0.3) is 6.20 Å². The molecule has 2 heterocycles. The standard InChI is InChI=1S/C8H9N5O2S/c14-13(15)6-8-9-2-1-3-12(8)5-7-4-10-11-16-7/h1,3-4,6,9H,2,5H2. The van der Waals surface area contributed by atoms with E-state index in [1.807, 2.05) is 12.3 Å². The second kappa shape index (κ2) is 4.71. The van der Waals surface area contributed by atoms with Gasteiger partial charge in [-0.25, -0.2) is 0 Å². The van der Waals surface area contributed by atoms with Gasteiger partial charge < -0.3 is 10.2 Å². The lowest BCUT2D eigenvalue weighted by Gasteiger charge is -2.24. The van der Waals surface area contributed by atoms with Crippen LogP contribution in [0.25, 0.3) is 0 Å². The Kier molecular flexibility index (Phi) is 3.10. The van der Waals surface area contributed by atoms with E-state index in [1.165, 1.54) is 11.5 Å². The maximum atomic E-state index is 10.4. The Hall–Kier alpha value is -1.96. The monoisotopic (exact) mass is 239 g/mol. The van der Waals surface area contributed by atoms with Crippen molar-refractivity contribution < 1.29 is 4.92 Å². The van der Waals surface area contributed by atoms with Crippen LogP contribution >= 0.6 is 11.5 Å². The summed E-state index contributed by atoms with van der Waals surface area (Å²) >= 11 is 1.28. The van der Waals surface area contributed by atoms with Gasteiger partial charge in [0.05, 0.1) is 22.5 Å². The first kappa shape index (κ1) is 10.6. The van der Waals surface area contributed by atoms with Gasteiger partial charge in [0, 0.05) is 12.7 Å². The first-order chi connectivity index (χ1) is 7.75. The maximum absolute atomic E-state index is 10.4. The molecule has 0 aliphatic carbocycles. The van der Waals surface area contributed by atoms with Crippen LogP contribution in [-0.2, 0) is 6.54 Å². The Morgan fingerprint density at radius 1 is 1.75 bits per heavy atom. The number of nitro groups is 1. The Bertz CT molecular complexity index is 428. The van der Waals surface area contributed by atoms with E-state index in [1.54, 1.807) is 11.1 Å². The Labute approximate surface area is 95.4 Å². The molecule has 1 aromatic heterocycles. The number of nitrogens with one attached hydrogen (secondary N) is 1. The highest BCUT2D eigenvalue weighted by atomic mass is 32.1. The topological polar surface area (TPSA) is 84.2 Å². The number of hydrogen-bond acceptors (Lipinski definition) is 7. The van der Waals surface area contributed by atoms with Crippen LogP contribution in [0.1, 0.15) is 4.88 Å². The van der Waals surface area contributed by atoms with E-state index in [2.05, 4.69) is 14.9 Å². The van der Waals surface area contributed by atoms with Gasteiger partial charge in [0.1, 0.15) is 0 Å². The van der Waals surface area contributed by atoms with Gasteiger partial charge in [-0.05, 0) is 17.6 Å². The smallest absolute Gasteiger partial charge is 0.274 e. The van der Waals surface area contributed by atoms with Gasteiger partial charge in [0.15, 0.2) is 5.82 Å². The summed E-state index contributed by atoms with van der Waals surface area (Å²) in [6.07, 6.45) is 6.31. The van der Waals surface area contributed by atoms with Crippen LogP contribution in [0.5, 0.6) is 0 Å². The molecule has 1 aromatic rings. The van der Waals surface area contributed by atoms with E-state index in [0.717, 1.165) is 11.1 Å². The highest BCUT2D eigenvalue weighted by molar-refractivity contribution is 7.05. The summed E-state index contributed by atoms with van der Waals surface area (Å²) in [6, 6.07) is 0. The largest absolute Gasteiger partial charge is 0.363 e. The molecular formula is C8H9N5O2S. The van der Waals surface area contributed by atoms with Gasteiger partial charge in [0.2, 0.25) is 0 Å². The molecule has 0 saturated carbocycles. The zero-order chi connectivity index (χ0) is 11.4. The highest BCUT2D eigenvalue weighted by Gasteiger charge is 2.14. The van der Waals surface area contributed by atoms with Crippen LogP contribution in [0.4, 0.5) is 0 Å². The molecule has 7 nitrogen and oxygen atoms in total. The lowest BCUT2D eigenvalue weighted by Crippen LogP contribution is -2.32. The van der Waals surface area contributed by atoms with Crippen LogP contribution in [0, 0.1) is 10.1 Å². The van der Waals surface area contributed by atoms with Crippen molar-refractivity contribution in [1.29, 1.82) is 0 Å². The lowest BCUT2D eigenvalue weighted by molar-refractivity contribution is -0.404. The molecule has 8 heteroatoms. The second-order valence-corrected chi connectivity index (χ2v) is 3.95. The van der Waals surface area contributed by atoms with Crippen molar-refractivity contribution in [1.82, 2.24) is 19.8 Å². The molecule has 0 saturated heterocycles. The van der Waals surface area contributed by atoms with E-state index in [4.69, 9.17) is 0 Å². The molecule has 0 spiro atoms. The summed E-state index contributed by atoms with van der Waals surface area (Å²) in [6.45, 7) is 1.12. The highest BCUT2D eigenvalue weighted by Crippen LogP contribution is 2.13. The summed E-state index contributed by atoms with van der Waals surface area (Å²) in [4.78, 5) is 12.7. The fourth-order valence-corrected chi connectivity index (χ4v) is 1.80. The van der Waals surface area contributed by atoms with Crippen LogP contribution in [-0.4, -0.2) is 26.0 Å². The van der Waals surface area contributed by atoms with E-state index < -0.39 is 4.92 Å². The van der Waals surface area contributed by atoms with E-state index in [0.29, 0.717) is 18.9 Å². The van der Waals surface area contributed by atoms with Crippen molar-refractivity contribution in [3.63, 3.8) is 0 Å². The molecule has 1 aliphatic rings. The van der Waals surface area contributed by atoms with Crippen LogP contribution in [0.15, 0.2) is 30.5 Å². The molecule has 0 atom stereocenters. The summed E-state index contributed by atoms with van der Waals surface area (Å²) in [7, 11) is 0. The van der Waals surface area contributed by atoms with Gasteiger partial charge in [-0.1, -0.05) is 4.49 Å². The van der Waals surface area contributed by atoms with Crippen molar-refractivity contribution in [2.24, 2.45) is 0 Å². The van der Waals surface area contributed by atoms with Gasteiger partial charge in [-0.15, -0.1) is 5.10 Å². The fourth-order valence-electron chi connectivity index (χ4n) is 1.31. The summed E-state index contributed by atoms with van der Waals surface area (Å²) in [5, 5.41) is 17.1.